The number of nitrogens with one attached hydrogen (secondary N) is 1. The first-order valence-corrected chi connectivity index (χ1v) is 6.58. The molecule has 108 valence electrons. The average Bonchev–Trinajstić information content (AvgIpc) is 2.92. The van der Waals surface area contributed by atoms with Crippen LogP contribution in [0.3, 0.4) is 0 Å². The van der Waals surface area contributed by atoms with Gasteiger partial charge in [-0.15, -0.1) is 0 Å². The molecule has 0 amide bonds. The van der Waals surface area contributed by atoms with Gasteiger partial charge in [0.2, 0.25) is 0 Å². The van der Waals surface area contributed by atoms with Crippen LogP contribution < -0.4 is 0 Å². The van der Waals surface area contributed by atoms with Gasteiger partial charge >= 0.3 is 0 Å². The van der Waals surface area contributed by atoms with Crippen molar-refractivity contribution in [3.8, 4) is 0 Å². The van der Waals surface area contributed by atoms with E-state index in [1.807, 2.05) is 0 Å². The molecule has 2 aromatic rings. The summed E-state index contributed by atoms with van der Waals surface area (Å²) in [7, 11) is 0. The second-order valence-electron chi connectivity index (χ2n) is 5.07. The van der Waals surface area contributed by atoms with E-state index in [0.717, 1.165) is 5.39 Å². The highest BCUT2D eigenvalue weighted by atomic mass is 32.1. The Labute approximate surface area is 119 Å². The summed E-state index contributed by atoms with van der Waals surface area (Å²) in [6.07, 6.45) is 0.312. The normalized spacial score (nSPS) is 33.9. The molecular formula is C12H15N3O4S. The second-order valence-corrected chi connectivity index (χ2v) is 5.46. The Morgan fingerprint density at radius 1 is 1.60 bits per heavy atom. The van der Waals surface area contributed by atoms with Gasteiger partial charge in [0.05, 0.1) is 18.3 Å². The minimum atomic E-state index is -1.53. The van der Waals surface area contributed by atoms with E-state index in [4.69, 9.17) is 17.0 Å². The molecule has 1 saturated heterocycles. The number of hydrogen-bond donors (Lipinski definition) is 4. The lowest BCUT2D eigenvalue weighted by atomic mass is 9.96. The monoisotopic (exact) mass is 297 g/mol. The van der Waals surface area contributed by atoms with Crippen LogP contribution in [-0.2, 0) is 4.74 Å². The fourth-order valence-electron chi connectivity index (χ4n) is 2.58. The third-order valence-corrected chi connectivity index (χ3v) is 4.04. The molecule has 0 aromatic carbocycles. The fraction of sp³-hybridized carbons (Fsp3) is 0.500. The largest absolute Gasteiger partial charge is 0.394 e. The van der Waals surface area contributed by atoms with Crippen LogP contribution in [0.4, 0.5) is 0 Å². The van der Waals surface area contributed by atoms with Crippen molar-refractivity contribution in [2.24, 2.45) is 0 Å². The molecule has 1 aliphatic rings. The molecule has 1 unspecified atom stereocenters. The number of fused-ring (bicyclic) bond motifs is 1. The smallest absolute Gasteiger partial charge is 0.167 e. The van der Waals surface area contributed by atoms with Gasteiger partial charge in [-0.1, -0.05) is 12.2 Å². The molecule has 0 radical (unpaired) electrons. The number of hydrogen-bond acceptors (Lipinski definition) is 6. The lowest BCUT2D eigenvalue weighted by Gasteiger charge is -2.27. The molecule has 0 saturated carbocycles. The maximum atomic E-state index is 10.5. The Morgan fingerprint density at radius 2 is 2.35 bits per heavy atom. The van der Waals surface area contributed by atoms with Crippen molar-refractivity contribution in [2.75, 3.05) is 6.61 Å². The summed E-state index contributed by atoms with van der Waals surface area (Å²) in [5.74, 6) is 0. The molecule has 1 aliphatic heterocycles. The summed E-state index contributed by atoms with van der Waals surface area (Å²) in [5, 5.41) is 30.4. The van der Waals surface area contributed by atoms with Crippen molar-refractivity contribution in [1.29, 1.82) is 0 Å². The van der Waals surface area contributed by atoms with E-state index in [9.17, 15) is 15.3 Å². The van der Waals surface area contributed by atoms with E-state index in [2.05, 4.69) is 9.97 Å². The first-order chi connectivity index (χ1) is 9.46. The van der Waals surface area contributed by atoms with Crippen molar-refractivity contribution in [2.45, 2.75) is 31.0 Å². The minimum absolute atomic E-state index is 0.370. The van der Waals surface area contributed by atoms with Gasteiger partial charge in [0.1, 0.15) is 28.1 Å². The fourth-order valence-corrected chi connectivity index (χ4v) is 2.80. The molecule has 3 heterocycles. The van der Waals surface area contributed by atoms with Gasteiger partial charge in [0.25, 0.3) is 0 Å². The highest BCUT2D eigenvalue weighted by molar-refractivity contribution is 7.71. The predicted molar refractivity (Wildman–Crippen MR) is 72.5 cm³/mol. The Kier molecular flexibility index (Phi) is 3.14. The van der Waals surface area contributed by atoms with Crippen LogP contribution in [0.5, 0.6) is 0 Å². The van der Waals surface area contributed by atoms with Crippen LogP contribution in [0.2, 0.25) is 0 Å². The molecule has 0 bridgehead atoms. The number of ether oxygens (including phenoxy) is 1. The zero-order valence-electron chi connectivity index (χ0n) is 10.7. The molecule has 0 spiro atoms. The Bertz CT molecular complexity index is 695. The first kappa shape index (κ1) is 13.7. The summed E-state index contributed by atoms with van der Waals surface area (Å²) < 4.78 is 7.65. The third kappa shape index (κ3) is 1.80. The number of aliphatic hydroxyl groups is 3. The predicted octanol–water partition coefficient (Wildman–Crippen LogP) is 0.0955. The quantitative estimate of drug-likeness (QED) is 0.586. The number of H-pyrrole nitrogens is 1. The Balaban J connectivity index is 2.12. The zero-order chi connectivity index (χ0) is 14.5. The van der Waals surface area contributed by atoms with Gasteiger partial charge in [-0.2, -0.15) is 0 Å². The third-order valence-electron chi connectivity index (χ3n) is 3.72. The first-order valence-electron chi connectivity index (χ1n) is 6.17. The van der Waals surface area contributed by atoms with Crippen molar-refractivity contribution in [3.63, 3.8) is 0 Å². The number of aromatic amines is 1. The summed E-state index contributed by atoms with van der Waals surface area (Å²) in [5.41, 5.74) is -0.890. The summed E-state index contributed by atoms with van der Waals surface area (Å²) >= 11 is 5.13. The van der Waals surface area contributed by atoms with Gasteiger partial charge < -0.3 is 29.6 Å². The van der Waals surface area contributed by atoms with Gasteiger partial charge in [-0.05, 0) is 13.0 Å². The van der Waals surface area contributed by atoms with Crippen molar-refractivity contribution in [3.05, 3.63) is 23.2 Å². The van der Waals surface area contributed by atoms with Gasteiger partial charge in [-0.25, -0.2) is 4.98 Å². The molecule has 3 rings (SSSR count). The van der Waals surface area contributed by atoms with Crippen LogP contribution in [0.15, 0.2) is 18.6 Å². The van der Waals surface area contributed by atoms with Crippen LogP contribution in [-0.4, -0.2) is 54.3 Å². The van der Waals surface area contributed by atoms with Crippen molar-refractivity contribution >= 4 is 23.3 Å². The van der Waals surface area contributed by atoms with Crippen LogP contribution in [0.1, 0.15) is 13.2 Å². The van der Waals surface area contributed by atoms with Gasteiger partial charge in [0, 0.05) is 6.20 Å². The Morgan fingerprint density at radius 3 is 3.00 bits per heavy atom. The zero-order valence-corrected chi connectivity index (χ0v) is 11.5. The van der Waals surface area contributed by atoms with E-state index >= 15 is 0 Å². The van der Waals surface area contributed by atoms with Crippen LogP contribution >= 0.6 is 12.2 Å². The molecule has 2 aromatic heterocycles. The highest BCUT2D eigenvalue weighted by Crippen LogP contribution is 2.39. The molecule has 20 heavy (non-hydrogen) atoms. The van der Waals surface area contributed by atoms with Crippen LogP contribution in [0, 0.1) is 4.64 Å². The Hall–Kier alpha value is -1.32. The van der Waals surface area contributed by atoms with E-state index in [0.29, 0.717) is 10.3 Å². The number of rotatable bonds is 2. The molecule has 8 heteroatoms. The lowest BCUT2D eigenvalue weighted by molar-refractivity contribution is -0.0948. The second kappa shape index (κ2) is 4.61. The topological polar surface area (TPSA) is 104 Å². The molecule has 0 aliphatic carbocycles. The summed E-state index contributed by atoms with van der Waals surface area (Å²) in [6.45, 7) is 1.10. The average molecular weight is 297 g/mol. The van der Waals surface area contributed by atoms with Crippen LogP contribution in [0.25, 0.3) is 11.0 Å². The number of aromatic nitrogens is 3. The lowest BCUT2D eigenvalue weighted by Crippen LogP contribution is -2.44. The van der Waals surface area contributed by atoms with Crippen molar-refractivity contribution in [1.82, 2.24) is 14.5 Å². The minimum Gasteiger partial charge on any atom is -0.394 e. The molecule has 4 atom stereocenters. The number of nitrogens with zero attached hydrogens (tertiary/aromatic N) is 2. The molecule has 4 N–H and O–H groups in total. The summed E-state index contributed by atoms with van der Waals surface area (Å²) in [6, 6.07) is 1.76. The van der Waals surface area contributed by atoms with E-state index in [1.54, 1.807) is 16.8 Å². The SMILES string of the molecule is C[C@]1(O)C(O)[C@@H](CO)O[C@H]1n1ccc2c(=S)nc[nH]c21. The molecular weight excluding hydrogens is 282 g/mol. The van der Waals surface area contributed by atoms with E-state index in [1.165, 1.54) is 13.3 Å². The van der Waals surface area contributed by atoms with Gasteiger partial charge in [-0.3, -0.25) is 0 Å². The van der Waals surface area contributed by atoms with Crippen molar-refractivity contribution < 1.29 is 20.1 Å². The number of aliphatic hydroxyl groups excluding tert-OH is 2. The standard InChI is InChI=1S/C12H15N3O4S/c1-12(18)8(17)7(4-16)19-11(12)15-3-2-6-9(15)13-5-14-10(6)20/h2-3,5,7-8,11,16-18H,4H2,1H3,(H,13,14,20)/t7-,8?,11-,12+/m1/s1. The van der Waals surface area contributed by atoms with E-state index < -0.39 is 24.0 Å². The maximum Gasteiger partial charge on any atom is 0.167 e. The maximum absolute atomic E-state index is 10.5. The molecule has 1 fully saturated rings. The summed E-state index contributed by atoms with van der Waals surface area (Å²) in [4.78, 5) is 6.94. The molecule has 7 nitrogen and oxygen atoms in total. The van der Waals surface area contributed by atoms with E-state index in [-0.39, 0.29) is 6.61 Å². The highest BCUT2D eigenvalue weighted by Gasteiger charge is 2.53. The van der Waals surface area contributed by atoms with Gasteiger partial charge in [0.15, 0.2) is 6.23 Å².